The molecule has 32 heavy (non-hydrogen) atoms. The summed E-state index contributed by atoms with van der Waals surface area (Å²) >= 11 is 0. The molecule has 1 N–H and O–H groups in total. The van der Waals surface area contributed by atoms with Crippen LogP contribution >= 0.6 is 0 Å². The molecule has 7 heteroatoms. The Kier molecular flexibility index (Phi) is 8.25. The number of hydrogen-bond donors (Lipinski definition) is 1. The van der Waals surface area contributed by atoms with Gasteiger partial charge in [0.1, 0.15) is 11.5 Å². The number of ether oxygens (including phenoxy) is 4. The molecule has 0 bridgehead atoms. The van der Waals surface area contributed by atoms with Gasteiger partial charge in [-0.1, -0.05) is 12.1 Å². The minimum absolute atomic E-state index is 0.130. The lowest BCUT2D eigenvalue weighted by Crippen LogP contribution is -2.50. The van der Waals surface area contributed by atoms with E-state index >= 15 is 0 Å². The molecule has 1 aliphatic heterocycles. The Balaban J connectivity index is 1.68. The van der Waals surface area contributed by atoms with Gasteiger partial charge in [-0.25, -0.2) is 4.79 Å². The highest BCUT2D eigenvalue weighted by molar-refractivity contribution is 5.79. The van der Waals surface area contributed by atoms with Crippen LogP contribution in [-0.4, -0.2) is 41.7 Å². The Morgan fingerprint density at radius 1 is 1.25 bits per heavy atom. The fraction of sp³-hybridized carbons (Fsp3) is 0.440. The first kappa shape index (κ1) is 23.8. The van der Waals surface area contributed by atoms with E-state index in [2.05, 4.69) is 4.98 Å². The van der Waals surface area contributed by atoms with Gasteiger partial charge in [0.2, 0.25) is 0 Å². The smallest absolute Gasteiger partial charge is 0.327 e. The molecule has 2 aromatic rings. The van der Waals surface area contributed by atoms with Crippen molar-refractivity contribution in [1.29, 1.82) is 0 Å². The number of benzene rings is 1. The van der Waals surface area contributed by atoms with Crippen LogP contribution in [0.15, 0.2) is 60.9 Å². The van der Waals surface area contributed by atoms with E-state index in [0.717, 1.165) is 24.2 Å². The van der Waals surface area contributed by atoms with E-state index in [1.54, 1.807) is 19.4 Å². The Labute approximate surface area is 189 Å². The van der Waals surface area contributed by atoms with E-state index < -0.39 is 17.9 Å². The number of allylic oxidation sites excluding steroid dienone is 1. The first-order chi connectivity index (χ1) is 15.4. The third-order valence-corrected chi connectivity index (χ3v) is 5.39. The molecule has 0 amide bonds. The van der Waals surface area contributed by atoms with Crippen molar-refractivity contribution in [2.24, 2.45) is 5.92 Å². The summed E-state index contributed by atoms with van der Waals surface area (Å²) in [5, 5.41) is 8.74. The minimum Gasteiger partial charge on any atom is -0.497 e. The summed E-state index contributed by atoms with van der Waals surface area (Å²) in [4.78, 5) is 14.9. The number of pyridine rings is 1. The van der Waals surface area contributed by atoms with Crippen LogP contribution in [0.2, 0.25) is 0 Å². The number of carboxylic acids is 1. The fourth-order valence-electron chi connectivity index (χ4n) is 3.75. The second-order valence-corrected chi connectivity index (χ2v) is 8.32. The molecule has 1 aromatic carbocycles. The van der Waals surface area contributed by atoms with Gasteiger partial charge in [-0.3, -0.25) is 4.98 Å². The van der Waals surface area contributed by atoms with E-state index in [9.17, 15) is 4.79 Å². The highest BCUT2D eigenvalue weighted by atomic mass is 16.7. The molecular weight excluding hydrogens is 410 g/mol. The summed E-state index contributed by atoms with van der Waals surface area (Å²) in [5.74, 6) is 0.668. The van der Waals surface area contributed by atoms with E-state index in [-0.39, 0.29) is 12.0 Å². The average molecular weight is 442 g/mol. The van der Waals surface area contributed by atoms with Gasteiger partial charge in [0.25, 0.3) is 0 Å². The average Bonchev–Trinajstić information content (AvgIpc) is 2.79. The second kappa shape index (κ2) is 11.1. The van der Waals surface area contributed by atoms with Crippen molar-refractivity contribution in [2.75, 3.05) is 13.7 Å². The van der Waals surface area contributed by atoms with Crippen LogP contribution in [0.1, 0.15) is 44.8 Å². The molecule has 172 valence electrons. The van der Waals surface area contributed by atoms with Crippen LogP contribution in [0, 0.1) is 5.92 Å². The predicted molar refractivity (Wildman–Crippen MR) is 120 cm³/mol. The topological polar surface area (TPSA) is 87.1 Å². The van der Waals surface area contributed by atoms with Gasteiger partial charge in [-0.15, -0.1) is 0 Å². The van der Waals surface area contributed by atoms with Gasteiger partial charge in [0, 0.05) is 24.4 Å². The highest BCUT2D eigenvalue weighted by Gasteiger charge is 2.42. The van der Waals surface area contributed by atoms with Crippen LogP contribution in [0.5, 0.6) is 11.5 Å². The van der Waals surface area contributed by atoms with E-state index in [4.69, 9.17) is 24.1 Å². The lowest BCUT2D eigenvalue weighted by atomic mass is 9.90. The molecule has 1 aromatic heterocycles. The van der Waals surface area contributed by atoms with E-state index in [1.807, 2.05) is 56.4 Å². The molecule has 1 aliphatic rings. The summed E-state index contributed by atoms with van der Waals surface area (Å²) < 4.78 is 24.0. The third-order valence-electron chi connectivity index (χ3n) is 5.39. The van der Waals surface area contributed by atoms with Crippen LogP contribution in [-0.2, 0) is 14.3 Å². The number of unbranched alkanes of at least 4 members (excludes halogenated alkanes) is 1. The molecule has 3 atom stereocenters. The maximum Gasteiger partial charge on any atom is 0.327 e. The Morgan fingerprint density at radius 3 is 2.66 bits per heavy atom. The normalized spacial score (nSPS) is 21.4. The largest absolute Gasteiger partial charge is 0.497 e. The molecule has 0 radical (unpaired) electrons. The van der Waals surface area contributed by atoms with Crippen molar-refractivity contribution in [3.8, 4) is 11.5 Å². The molecule has 7 nitrogen and oxygen atoms in total. The SMILES string of the molecule is COc1ccc(OC(C)(C)[C@H]2OC[C@@H](CCC/C=C\C(=O)O)[C@@H](c3cccnc3)O2)cc1. The maximum atomic E-state index is 10.6. The number of carboxylic acid groups (broad SMARTS) is 1. The molecule has 0 spiro atoms. The molecule has 2 heterocycles. The van der Waals surface area contributed by atoms with Crippen LogP contribution in [0.4, 0.5) is 0 Å². The first-order valence-electron chi connectivity index (χ1n) is 10.8. The Hall–Kier alpha value is -2.90. The summed E-state index contributed by atoms with van der Waals surface area (Å²) in [6.45, 7) is 4.40. The first-order valence-corrected chi connectivity index (χ1v) is 10.8. The summed E-state index contributed by atoms with van der Waals surface area (Å²) in [6.07, 6.45) is 8.04. The zero-order chi connectivity index (χ0) is 23.0. The molecule has 0 aliphatic carbocycles. The number of aliphatic carboxylic acids is 1. The zero-order valence-electron chi connectivity index (χ0n) is 18.8. The van der Waals surface area contributed by atoms with Crippen molar-refractivity contribution in [1.82, 2.24) is 4.98 Å². The summed E-state index contributed by atoms with van der Waals surface area (Å²) in [5.41, 5.74) is 0.261. The fourth-order valence-corrected chi connectivity index (χ4v) is 3.75. The highest BCUT2D eigenvalue weighted by Crippen LogP contribution is 2.39. The molecule has 1 fully saturated rings. The number of rotatable bonds is 10. The lowest BCUT2D eigenvalue weighted by molar-refractivity contribution is -0.289. The molecule has 0 unspecified atom stereocenters. The Morgan fingerprint density at radius 2 is 2.00 bits per heavy atom. The van der Waals surface area contributed by atoms with Crippen LogP contribution in [0.25, 0.3) is 0 Å². The number of aromatic nitrogens is 1. The van der Waals surface area contributed by atoms with Crippen molar-refractivity contribution in [2.45, 2.75) is 51.1 Å². The molecule has 1 saturated heterocycles. The van der Waals surface area contributed by atoms with Crippen molar-refractivity contribution in [3.05, 3.63) is 66.5 Å². The number of methoxy groups -OCH3 is 1. The zero-order valence-corrected chi connectivity index (χ0v) is 18.8. The van der Waals surface area contributed by atoms with Gasteiger partial charge in [0.15, 0.2) is 11.9 Å². The summed E-state index contributed by atoms with van der Waals surface area (Å²) in [6, 6.07) is 11.3. The van der Waals surface area contributed by atoms with Gasteiger partial charge >= 0.3 is 5.97 Å². The van der Waals surface area contributed by atoms with Crippen molar-refractivity contribution >= 4 is 5.97 Å². The van der Waals surface area contributed by atoms with Crippen molar-refractivity contribution in [3.63, 3.8) is 0 Å². The van der Waals surface area contributed by atoms with Gasteiger partial charge < -0.3 is 24.1 Å². The van der Waals surface area contributed by atoms with Gasteiger partial charge in [0.05, 0.1) is 19.8 Å². The molecule has 0 saturated carbocycles. The van der Waals surface area contributed by atoms with Gasteiger partial charge in [-0.05, 0) is 69.0 Å². The van der Waals surface area contributed by atoms with Gasteiger partial charge in [-0.2, -0.15) is 0 Å². The Bertz CT molecular complexity index is 881. The minimum atomic E-state index is -0.926. The predicted octanol–water partition coefficient (Wildman–Crippen LogP) is 4.79. The van der Waals surface area contributed by atoms with Crippen LogP contribution in [0.3, 0.4) is 0 Å². The lowest BCUT2D eigenvalue weighted by Gasteiger charge is -2.43. The number of hydrogen-bond acceptors (Lipinski definition) is 6. The maximum absolute atomic E-state index is 10.6. The van der Waals surface area contributed by atoms with Crippen LogP contribution < -0.4 is 9.47 Å². The standard InChI is InChI=1S/C25H31NO6/c1-25(2,32-21-13-11-20(29-3)12-14-21)24-30-17-19(8-5-4-6-10-22(27)28)23(31-24)18-9-7-15-26-16-18/h6-7,9-16,19,23-24H,4-5,8,17H2,1-3H3,(H,27,28)/b10-6-/t19-,23-,24+/m1/s1. The molecular formula is C25H31NO6. The number of carbonyl (C=O) groups is 1. The van der Waals surface area contributed by atoms with E-state index in [0.29, 0.717) is 18.8 Å². The summed E-state index contributed by atoms with van der Waals surface area (Å²) in [7, 11) is 1.63. The quantitative estimate of drug-likeness (QED) is 0.419. The monoisotopic (exact) mass is 441 g/mol. The molecule has 3 rings (SSSR count). The number of nitrogens with zero attached hydrogens (tertiary/aromatic N) is 1. The third kappa shape index (κ3) is 6.55. The van der Waals surface area contributed by atoms with Crippen molar-refractivity contribution < 1.29 is 28.8 Å². The van der Waals surface area contributed by atoms with E-state index in [1.165, 1.54) is 6.08 Å². The second-order valence-electron chi connectivity index (χ2n) is 8.32.